The molecule has 2 aliphatic carbocycles. The fourth-order valence-corrected chi connectivity index (χ4v) is 6.87. The Balaban J connectivity index is 1.48. The molecule has 0 aliphatic heterocycles. The Morgan fingerprint density at radius 1 is 0.462 bits per heavy atom. The lowest BCUT2D eigenvalue weighted by Crippen LogP contribution is -2.06. The van der Waals surface area contributed by atoms with Gasteiger partial charge in [-0.1, -0.05) is 140 Å². The normalized spacial score (nSPS) is 14.4. The maximum absolute atomic E-state index is 2.47. The highest BCUT2D eigenvalue weighted by Gasteiger charge is 2.22. The largest absolute Gasteiger partial charge is 0.0653 e. The molecular weight excluding hydrogens is 468 g/mol. The van der Waals surface area contributed by atoms with Gasteiger partial charge in [0.05, 0.1) is 0 Å². The van der Waals surface area contributed by atoms with Crippen LogP contribution in [0.1, 0.15) is 34.6 Å². The van der Waals surface area contributed by atoms with E-state index in [2.05, 4.69) is 140 Å². The lowest BCUT2D eigenvalue weighted by Gasteiger charge is -2.23. The molecule has 6 aromatic carbocycles. The van der Waals surface area contributed by atoms with E-state index in [1.165, 1.54) is 70.2 Å². The molecule has 2 aliphatic rings. The monoisotopic (exact) mass is 496 g/mol. The van der Waals surface area contributed by atoms with E-state index in [9.17, 15) is 0 Å². The molecule has 6 aromatic rings. The first-order valence-electron chi connectivity index (χ1n) is 14.0. The topological polar surface area (TPSA) is 0 Å². The van der Waals surface area contributed by atoms with Crippen LogP contribution in [0, 0.1) is 10.4 Å². The van der Waals surface area contributed by atoms with Crippen LogP contribution in [0.2, 0.25) is 0 Å². The zero-order valence-corrected chi connectivity index (χ0v) is 21.8. The molecule has 0 bridgehead atoms. The first kappa shape index (κ1) is 22.3. The highest BCUT2D eigenvalue weighted by atomic mass is 14.2. The molecule has 184 valence electrons. The Kier molecular flexibility index (Phi) is 5.13. The molecule has 0 aromatic heterocycles. The molecule has 0 N–H and O–H groups in total. The van der Waals surface area contributed by atoms with Gasteiger partial charge >= 0.3 is 0 Å². The van der Waals surface area contributed by atoms with Crippen LogP contribution in [0.4, 0.5) is 0 Å². The molecule has 39 heavy (non-hydrogen) atoms. The van der Waals surface area contributed by atoms with E-state index in [-0.39, 0.29) is 5.92 Å². The van der Waals surface area contributed by atoms with Crippen molar-refractivity contribution in [2.75, 3.05) is 0 Å². The summed E-state index contributed by atoms with van der Waals surface area (Å²) < 4.78 is 0. The van der Waals surface area contributed by atoms with Crippen LogP contribution < -0.4 is 10.4 Å². The zero-order valence-electron chi connectivity index (χ0n) is 21.8. The summed E-state index contributed by atoms with van der Waals surface area (Å²) in [6, 6.07) is 44.7. The SMILES string of the molecule is C1=C(c2c3ccccc3c(C3C=c4ccccc4=c4ccccc4=C3)c3ccccc23)CCc2ccccc21. The van der Waals surface area contributed by atoms with Crippen molar-refractivity contribution in [2.45, 2.75) is 18.8 Å². The van der Waals surface area contributed by atoms with Crippen LogP contribution in [0.15, 0.2) is 121 Å². The van der Waals surface area contributed by atoms with Crippen molar-refractivity contribution in [1.29, 1.82) is 0 Å². The average Bonchev–Trinajstić information content (AvgIpc) is 3.16. The van der Waals surface area contributed by atoms with Crippen molar-refractivity contribution in [3.8, 4) is 0 Å². The van der Waals surface area contributed by atoms with Gasteiger partial charge in [0, 0.05) is 5.92 Å². The molecule has 0 amide bonds. The maximum atomic E-state index is 2.47. The number of benzene rings is 6. The average molecular weight is 497 g/mol. The quantitative estimate of drug-likeness (QED) is 0.212. The van der Waals surface area contributed by atoms with Crippen molar-refractivity contribution in [3.05, 3.63) is 164 Å². The molecule has 0 unspecified atom stereocenters. The molecule has 0 saturated heterocycles. The van der Waals surface area contributed by atoms with Crippen molar-refractivity contribution >= 4 is 45.3 Å². The van der Waals surface area contributed by atoms with Crippen LogP contribution in [0.25, 0.3) is 45.3 Å². The van der Waals surface area contributed by atoms with Crippen LogP contribution in [0.3, 0.4) is 0 Å². The second-order valence-electron chi connectivity index (χ2n) is 10.8. The van der Waals surface area contributed by atoms with Gasteiger partial charge in [0.1, 0.15) is 0 Å². The smallest absolute Gasteiger partial charge is 0.0229 e. The minimum absolute atomic E-state index is 0.153. The molecule has 0 radical (unpaired) electrons. The van der Waals surface area contributed by atoms with Crippen molar-refractivity contribution in [3.63, 3.8) is 0 Å². The predicted octanol–water partition coefficient (Wildman–Crippen LogP) is 8.13. The first-order valence-corrected chi connectivity index (χ1v) is 14.0. The van der Waals surface area contributed by atoms with Gasteiger partial charge in [0.15, 0.2) is 0 Å². The van der Waals surface area contributed by atoms with E-state index >= 15 is 0 Å². The van der Waals surface area contributed by atoms with Gasteiger partial charge in [-0.3, -0.25) is 0 Å². The standard InChI is InChI=1S/C39H28/c1-2-12-27-23-30(22-21-26(27)11-1)38-34-17-7-9-19-36(34)39(37-20-10-8-18-35(37)38)31-24-28-13-3-5-15-32(28)33-16-6-4-14-29(33)25-31/h1-20,23-25,31H,21-22H2. The molecule has 0 nitrogen and oxygen atoms in total. The molecular formula is C39H28. The minimum atomic E-state index is 0.153. The Morgan fingerprint density at radius 3 is 1.62 bits per heavy atom. The Morgan fingerprint density at radius 2 is 0.974 bits per heavy atom. The lowest BCUT2D eigenvalue weighted by molar-refractivity contribution is 1.00. The number of rotatable bonds is 2. The third-order valence-corrected chi connectivity index (χ3v) is 8.61. The van der Waals surface area contributed by atoms with Crippen molar-refractivity contribution < 1.29 is 0 Å². The van der Waals surface area contributed by atoms with Gasteiger partial charge in [-0.15, -0.1) is 0 Å². The third-order valence-electron chi connectivity index (χ3n) is 8.61. The van der Waals surface area contributed by atoms with Gasteiger partial charge in [-0.2, -0.15) is 0 Å². The Labute approximate surface area is 228 Å². The summed E-state index contributed by atoms with van der Waals surface area (Å²) in [6.45, 7) is 0. The second-order valence-corrected chi connectivity index (χ2v) is 10.8. The van der Waals surface area contributed by atoms with Crippen LogP contribution in [-0.2, 0) is 6.42 Å². The fourth-order valence-electron chi connectivity index (χ4n) is 6.87. The van der Waals surface area contributed by atoms with Crippen LogP contribution in [0.5, 0.6) is 0 Å². The summed E-state index contributed by atoms with van der Waals surface area (Å²) in [5, 5.41) is 10.6. The highest BCUT2D eigenvalue weighted by Crippen LogP contribution is 2.43. The van der Waals surface area contributed by atoms with Gasteiger partial charge in [0.2, 0.25) is 0 Å². The van der Waals surface area contributed by atoms with E-state index in [1.807, 2.05) is 0 Å². The number of fused-ring (bicyclic) bond motifs is 5. The van der Waals surface area contributed by atoms with E-state index in [0.717, 1.165) is 12.8 Å². The summed E-state index contributed by atoms with van der Waals surface area (Å²) in [4.78, 5) is 0. The van der Waals surface area contributed by atoms with Gasteiger partial charge < -0.3 is 0 Å². The van der Waals surface area contributed by atoms with Gasteiger partial charge in [-0.05, 0) is 83.1 Å². The van der Waals surface area contributed by atoms with Crippen LogP contribution in [-0.4, -0.2) is 0 Å². The molecule has 0 fully saturated rings. The molecule has 0 saturated carbocycles. The zero-order chi connectivity index (χ0) is 25.8. The summed E-state index contributed by atoms with van der Waals surface area (Å²) in [5.74, 6) is 0.153. The summed E-state index contributed by atoms with van der Waals surface area (Å²) in [6.07, 6.45) is 9.53. The maximum Gasteiger partial charge on any atom is 0.0229 e. The van der Waals surface area contributed by atoms with Crippen molar-refractivity contribution in [2.24, 2.45) is 0 Å². The van der Waals surface area contributed by atoms with Gasteiger partial charge in [0.25, 0.3) is 0 Å². The number of hydrogen-bond donors (Lipinski definition) is 0. The number of hydrogen-bond acceptors (Lipinski definition) is 0. The minimum Gasteiger partial charge on any atom is -0.0653 e. The highest BCUT2D eigenvalue weighted by molar-refractivity contribution is 6.14. The second kappa shape index (κ2) is 8.96. The van der Waals surface area contributed by atoms with E-state index in [0.29, 0.717) is 0 Å². The lowest BCUT2D eigenvalue weighted by atomic mass is 9.80. The summed E-state index contributed by atoms with van der Waals surface area (Å²) in [7, 11) is 0. The molecule has 0 spiro atoms. The van der Waals surface area contributed by atoms with Crippen LogP contribution >= 0.6 is 0 Å². The van der Waals surface area contributed by atoms with Crippen molar-refractivity contribution in [1.82, 2.24) is 0 Å². The Hall–Kier alpha value is -4.68. The molecule has 8 rings (SSSR count). The molecule has 0 heterocycles. The molecule has 0 heteroatoms. The summed E-state index contributed by atoms with van der Waals surface area (Å²) in [5.41, 5.74) is 7.04. The number of aryl methyl sites for hydroxylation is 1. The van der Waals surface area contributed by atoms with E-state index in [4.69, 9.17) is 0 Å². The third kappa shape index (κ3) is 3.60. The Bertz CT molecular complexity index is 2060. The predicted molar refractivity (Wildman–Crippen MR) is 166 cm³/mol. The number of allylic oxidation sites excluding steroid dienone is 1. The van der Waals surface area contributed by atoms with E-state index < -0.39 is 0 Å². The molecule has 0 atom stereocenters. The van der Waals surface area contributed by atoms with E-state index in [1.54, 1.807) is 0 Å². The first-order chi connectivity index (χ1) is 19.3. The fraction of sp³-hybridized carbons (Fsp3) is 0.0769. The summed E-state index contributed by atoms with van der Waals surface area (Å²) >= 11 is 0. The van der Waals surface area contributed by atoms with Gasteiger partial charge in [-0.25, -0.2) is 0 Å².